The van der Waals surface area contributed by atoms with Crippen molar-refractivity contribution >= 4 is 17.3 Å². The van der Waals surface area contributed by atoms with Crippen LogP contribution in [0.2, 0.25) is 0 Å². The molecule has 3 aromatic rings. The fourth-order valence-corrected chi connectivity index (χ4v) is 2.96. The highest BCUT2D eigenvalue weighted by Gasteiger charge is 2.23. The molecule has 0 radical (unpaired) electrons. The van der Waals surface area contributed by atoms with Crippen molar-refractivity contribution in [1.29, 1.82) is 0 Å². The number of anilines is 1. The van der Waals surface area contributed by atoms with Crippen molar-refractivity contribution < 1.29 is 19.2 Å². The summed E-state index contributed by atoms with van der Waals surface area (Å²) in [4.78, 5) is 35.9. The van der Waals surface area contributed by atoms with E-state index in [9.17, 15) is 19.7 Å². The summed E-state index contributed by atoms with van der Waals surface area (Å²) in [7, 11) is 0. The Bertz CT molecular complexity index is 1200. The first-order valence-corrected chi connectivity index (χ1v) is 8.50. The monoisotopic (exact) mass is 394 g/mol. The Labute approximate surface area is 163 Å². The maximum atomic E-state index is 12.7. The Morgan fingerprint density at radius 3 is 2.79 bits per heavy atom. The number of aryl methyl sites for hydroxylation is 1. The van der Waals surface area contributed by atoms with E-state index in [0.717, 1.165) is 0 Å². The number of rotatable bonds is 4. The SMILES string of the molecule is Cc1cc(=O)c(C(=O)Nc2cccc3c2OCO3)nn1-c1ccccc1[N+](=O)[O-]. The van der Waals surface area contributed by atoms with Crippen LogP contribution in [0.3, 0.4) is 0 Å². The molecular weight excluding hydrogens is 380 g/mol. The summed E-state index contributed by atoms with van der Waals surface area (Å²) in [6, 6.07) is 12.1. The zero-order valence-corrected chi connectivity index (χ0v) is 15.1. The lowest BCUT2D eigenvalue weighted by atomic mass is 10.2. The average molecular weight is 394 g/mol. The highest BCUT2D eigenvalue weighted by atomic mass is 16.7. The van der Waals surface area contributed by atoms with Crippen LogP contribution >= 0.6 is 0 Å². The van der Waals surface area contributed by atoms with Crippen LogP contribution < -0.4 is 20.2 Å². The van der Waals surface area contributed by atoms with Crippen molar-refractivity contribution in [1.82, 2.24) is 9.78 Å². The van der Waals surface area contributed by atoms with E-state index in [1.54, 1.807) is 31.2 Å². The van der Waals surface area contributed by atoms with Gasteiger partial charge >= 0.3 is 0 Å². The Kier molecular flexibility index (Phi) is 4.43. The third-order valence-electron chi connectivity index (χ3n) is 4.27. The molecule has 1 aliphatic rings. The maximum absolute atomic E-state index is 12.7. The minimum atomic E-state index is -0.772. The molecular formula is C19H14N4O6. The lowest BCUT2D eigenvalue weighted by Gasteiger charge is -2.12. The van der Waals surface area contributed by atoms with Crippen LogP contribution in [0.15, 0.2) is 53.3 Å². The van der Waals surface area contributed by atoms with Crippen LogP contribution in [0.4, 0.5) is 11.4 Å². The predicted molar refractivity (Wildman–Crippen MR) is 102 cm³/mol. The number of aromatic nitrogens is 2. The van der Waals surface area contributed by atoms with E-state index >= 15 is 0 Å². The average Bonchev–Trinajstić information content (AvgIpc) is 3.18. The fraction of sp³-hybridized carbons (Fsp3) is 0.105. The molecule has 29 heavy (non-hydrogen) atoms. The van der Waals surface area contributed by atoms with Gasteiger partial charge in [-0.15, -0.1) is 0 Å². The van der Waals surface area contributed by atoms with E-state index in [2.05, 4.69) is 10.4 Å². The van der Waals surface area contributed by atoms with Crippen LogP contribution in [-0.4, -0.2) is 27.4 Å². The number of nitro benzene ring substituents is 1. The van der Waals surface area contributed by atoms with Crippen LogP contribution in [0.1, 0.15) is 16.2 Å². The number of ether oxygens (including phenoxy) is 2. The van der Waals surface area contributed by atoms with Crippen LogP contribution in [-0.2, 0) is 0 Å². The maximum Gasteiger partial charge on any atom is 0.294 e. The highest BCUT2D eigenvalue weighted by molar-refractivity contribution is 6.03. The Morgan fingerprint density at radius 1 is 1.21 bits per heavy atom. The first-order chi connectivity index (χ1) is 14.0. The van der Waals surface area contributed by atoms with Gasteiger partial charge in [-0.2, -0.15) is 5.10 Å². The van der Waals surface area contributed by atoms with Crippen molar-refractivity contribution in [2.24, 2.45) is 0 Å². The van der Waals surface area contributed by atoms with E-state index in [-0.39, 0.29) is 18.2 Å². The number of fused-ring (bicyclic) bond motifs is 1. The van der Waals surface area contributed by atoms with Crippen molar-refractivity contribution in [3.63, 3.8) is 0 Å². The quantitative estimate of drug-likeness (QED) is 0.532. The van der Waals surface area contributed by atoms with Gasteiger partial charge in [-0.3, -0.25) is 19.7 Å². The number of carbonyl (C=O) groups excluding carboxylic acids is 1. The number of hydrogen-bond acceptors (Lipinski definition) is 7. The van der Waals surface area contributed by atoms with Gasteiger partial charge in [-0.1, -0.05) is 18.2 Å². The Balaban J connectivity index is 1.75. The van der Waals surface area contributed by atoms with E-state index in [1.165, 1.54) is 28.9 Å². The van der Waals surface area contributed by atoms with E-state index in [1.807, 2.05) is 0 Å². The number of amides is 1. The smallest absolute Gasteiger partial charge is 0.294 e. The van der Waals surface area contributed by atoms with Crippen molar-refractivity contribution in [2.45, 2.75) is 6.92 Å². The minimum absolute atomic E-state index is 0.0233. The molecule has 10 heteroatoms. The first-order valence-electron chi connectivity index (χ1n) is 8.50. The molecule has 1 amide bonds. The summed E-state index contributed by atoms with van der Waals surface area (Å²) in [6.45, 7) is 1.59. The molecule has 0 saturated heterocycles. The summed E-state index contributed by atoms with van der Waals surface area (Å²) in [5.74, 6) is 0.0511. The molecule has 2 heterocycles. The number of nitrogens with one attached hydrogen (secondary N) is 1. The van der Waals surface area contributed by atoms with E-state index in [4.69, 9.17) is 9.47 Å². The number of carbonyl (C=O) groups is 1. The molecule has 0 aliphatic carbocycles. The van der Waals surface area contributed by atoms with Gasteiger partial charge in [0.25, 0.3) is 11.6 Å². The van der Waals surface area contributed by atoms with Crippen molar-refractivity contribution in [2.75, 3.05) is 12.1 Å². The van der Waals surface area contributed by atoms with Gasteiger partial charge in [0.1, 0.15) is 5.69 Å². The van der Waals surface area contributed by atoms with Gasteiger partial charge in [-0.05, 0) is 25.1 Å². The number of nitrogens with zero attached hydrogens (tertiary/aromatic N) is 3. The van der Waals surface area contributed by atoms with Crippen molar-refractivity contribution in [3.05, 3.63) is 80.3 Å². The molecule has 1 aliphatic heterocycles. The van der Waals surface area contributed by atoms with Crippen LogP contribution in [0.5, 0.6) is 11.5 Å². The third-order valence-corrected chi connectivity index (χ3v) is 4.27. The molecule has 1 N–H and O–H groups in total. The molecule has 0 spiro atoms. The lowest BCUT2D eigenvalue weighted by molar-refractivity contribution is -0.384. The number of hydrogen-bond donors (Lipinski definition) is 1. The topological polar surface area (TPSA) is 126 Å². The van der Waals surface area contributed by atoms with Gasteiger partial charge in [0.15, 0.2) is 17.2 Å². The molecule has 2 aromatic carbocycles. The molecule has 1 aromatic heterocycles. The predicted octanol–water partition coefficient (Wildman–Crippen LogP) is 2.43. The summed E-state index contributed by atoms with van der Waals surface area (Å²) in [6.07, 6.45) is 0. The molecule has 0 saturated carbocycles. The van der Waals surface area contributed by atoms with E-state index < -0.39 is 22.0 Å². The van der Waals surface area contributed by atoms with Crippen LogP contribution in [0, 0.1) is 17.0 Å². The number of para-hydroxylation sites is 3. The third kappa shape index (κ3) is 3.27. The molecule has 0 unspecified atom stereocenters. The van der Waals surface area contributed by atoms with E-state index in [0.29, 0.717) is 22.9 Å². The lowest BCUT2D eigenvalue weighted by Crippen LogP contribution is -2.27. The standard InChI is InChI=1S/C19H14N4O6/c1-11-9-15(24)17(21-22(11)13-6-2-3-7-14(13)23(26)27)19(25)20-12-5-4-8-16-18(12)29-10-28-16/h2-9H,10H2,1H3,(H,20,25). The second-order valence-corrected chi connectivity index (χ2v) is 6.15. The molecule has 0 fully saturated rings. The first kappa shape index (κ1) is 18.2. The normalized spacial score (nSPS) is 11.9. The molecule has 0 bridgehead atoms. The van der Waals surface area contributed by atoms with Crippen LogP contribution in [0.25, 0.3) is 5.69 Å². The summed E-state index contributed by atoms with van der Waals surface area (Å²) in [5.41, 5.74) is -0.419. The summed E-state index contributed by atoms with van der Waals surface area (Å²) in [5, 5.41) is 18.0. The Morgan fingerprint density at radius 2 is 2.00 bits per heavy atom. The molecule has 0 atom stereocenters. The summed E-state index contributed by atoms with van der Waals surface area (Å²) >= 11 is 0. The van der Waals surface area contributed by atoms with Gasteiger partial charge in [0.05, 0.1) is 10.6 Å². The second-order valence-electron chi connectivity index (χ2n) is 6.15. The zero-order valence-electron chi connectivity index (χ0n) is 15.1. The van der Waals surface area contributed by atoms with Gasteiger partial charge in [0.2, 0.25) is 12.2 Å². The zero-order chi connectivity index (χ0) is 20.5. The minimum Gasteiger partial charge on any atom is -0.454 e. The number of benzene rings is 2. The Hall–Kier alpha value is -4.21. The second kappa shape index (κ2) is 7.08. The molecule has 146 valence electrons. The molecule has 4 rings (SSSR count). The number of nitro groups is 1. The highest BCUT2D eigenvalue weighted by Crippen LogP contribution is 2.38. The largest absolute Gasteiger partial charge is 0.454 e. The van der Waals surface area contributed by atoms with Gasteiger partial charge in [-0.25, -0.2) is 4.68 Å². The van der Waals surface area contributed by atoms with Gasteiger partial charge in [0, 0.05) is 17.8 Å². The molecule has 10 nitrogen and oxygen atoms in total. The summed E-state index contributed by atoms with van der Waals surface area (Å²) < 4.78 is 11.8. The fourth-order valence-electron chi connectivity index (χ4n) is 2.96. The van der Waals surface area contributed by atoms with Crippen molar-refractivity contribution in [3.8, 4) is 17.2 Å². The van der Waals surface area contributed by atoms with Gasteiger partial charge < -0.3 is 14.8 Å².